The Kier molecular flexibility index (Phi) is 5.38. The number of hydrogen-bond acceptors (Lipinski definition) is 4. The van der Waals surface area contributed by atoms with Crippen molar-refractivity contribution in [2.75, 3.05) is 26.3 Å². The van der Waals surface area contributed by atoms with Gasteiger partial charge in [-0.25, -0.2) is 0 Å². The van der Waals surface area contributed by atoms with Gasteiger partial charge in [-0.2, -0.15) is 0 Å². The van der Waals surface area contributed by atoms with Crippen molar-refractivity contribution in [2.24, 2.45) is 0 Å². The van der Waals surface area contributed by atoms with E-state index in [2.05, 4.69) is 34.2 Å². The lowest BCUT2D eigenvalue weighted by Gasteiger charge is -2.29. The van der Waals surface area contributed by atoms with E-state index in [4.69, 9.17) is 4.74 Å². The summed E-state index contributed by atoms with van der Waals surface area (Å²) in [6.07, 6.45) is 0. The smallest absolute Gasteiger partial charge is 0.239 e. The third-order valence-corrected chi connectivity index (χ3v) is 5.32. The minimum Gasteiger partial charge on any atom is -0.378 e. The molecule has 0 saturated carbocycles. The van der Waals surface area contributed by atoms with E-state index in [1.54, 1.807) is 11.3 Å². The van der Waals surface area contributed by atoms with Crippen molar-refractivity contribution in [3.05, 3.63) is 20.3 Å². The molecule has 0 unspecified atom stereocenters. The van der Waals surface area contributed by atoms with Gasteiger partial charge in [0.2, 0.25) is 5.91 Å². The molecule has 1 amide bonds. The van der Waals surface area contributed by atoms with Gasteiger partial charge in [-0.05, 0) is 41.4 Å². The molecule has 1 aromatic rings. The van der Waals surface area contributed by atoms with Gasteiger partial charge in [0.1, 0.15) is 0 Å². The van der Waals surface area contributed by atoms with Crippen LogP contribution >= 0.6 is 27.3 Å². The molecule has 1 aliphatic rings. The molecule has 6 heteroatoms. The summed E-state index contributed by atoms with van der Waals surface area (Å²) in [5, 5.41) is 3.29. The molecule has 1 saturated heterocycles. The molecular formula is C13H19BrN2O2S. The fraction of sp³-hybridized carbons (Fsp3) is 0.615. The average molecular weight is 347 g/mol. The molecule has 0 spiro atoms. The summed E-state index contributed by atoms with van der Waals surface area (Å²) in [6.45, 7) is 7.43. The van der Waals surface area contributed by atoms with Crippen LogP contribution in [0.4, 0.5) is 0 Å². The molecule has 0 aliphatic carbocycles. The van der Waals surface area contributed by atoms with E-state index < -0.39 is 0 Å². The van der Waals surface area contributed by atoms with Gasteiger partial charge < -0.3 is 15.0 Å². The van der Waals surface area contributed by atoms with E-state index in [9.17, 15) is 4.79 Å². The first-order valence-corrected chi connectivity index (χ1v) is 8.03. The second-order valence-electron chi connectivity index (χ2n) is 4.71. The molecule has 1 fully saturated rings. The number of morpholine rings is 1. The first kappa shape index (κ1) is 15.0. The number of nitrogens with one attached hydrogen (secondary N) is 1. The maximum atomic E-state index is 12.2. The summed E-state index contributed by atoms with van der Waals surface area (Å²) < 4.78 is 6.42. The van der Waals surface area contributed by atoms with Crippen LogP contribution in [0.3, 0.4) is 0 Å². The van der Waals surface area contributed by atoms with E-state index in [1.165, 1.54) is 10.4 Å². The topological polar surface area (TPSA) is 41.6 Å². The van der Waals surface area contributed by atoms with Gasteiger partial charge in [0.25, 0.3) is 0 Å². The lowest BCUT2D eigenvalue weighted by atomic mass is 10.2. The standard InChI is InChI=1S/C13H19BrN2O2S/c1-9-7-11(19-12(9)14)8-15-10(2)13(17)16-3-5-18-6-4-16/h7,10,15H,3-6,8H2,1-2H3/t10-/m1/s1. The van der Waals surface area contributed by atoms with Crippen LogP contribution in [0.1, 0.15) is 17.4 Å². The number of carbonyl (C=O) groups is 1. The van der Waals surface area contributed by atoms with Gasteiger partial charge in [-0.1, -0.05) is 0 Å². The molecule has 0 radical (unpaired) electrons. The fourth-order valence-corrected chi connectivity index (χ4v) is 3.59. The Morgan fingerprint density at radius 1 is 1.58 bits per heavy atom. The predicted octanol–water partition coefficient (Wildman–Crippen LogP) is 2.16. The first-order chi connectivity index (χ1) is 9.08. The van der Waals surface area contributed by atoms with E-state index in [-0.39, 0.29) is 11.9 Å². The Balaban J connectivity index is 1.83. The van der Waals surface area contributed by atoms with Crippen molar-refractivity contribution in [1.29, 1.82) is 0 Å². The maximum Gasteiger partial charge on any atom is 0.239 e. The average Bonchev–Trinajstić information content (AvgIpc) is 2.75. The van der Waals surface area contributed by atoms with Crippen LogP contribution in [0.25, 0.3) is 0 Å². The summed E-state index contributed by atoms with van der Waals surface area (Å²) in [5.74, 6) is 0.163. The molecule has 0 bridgehead atoms. The minimum atomic E-state index is -0.153. The number of nitrogens with zero attached hydrogens (tertiary/aromatic N) is 1. The van der Waals surface area contributed by atoms with E-state index in [0.717, 1.165) is 10.3 Å². The van der Waals surface area contributed by atoms with Gasteiger partial charge in [0, 0.05) is 24.5 Å². The van der Waals surface area contributed by atoms with Crippen molar-refractivity contribution in [2.45, 2.75) is 26.4 Å². The summed E-state index contributed by atoms with van der Waals surface area (Å²) in [4.78, 5) is 15.3. The van der Waals surface area contributed by atoms with Crippen LogP contribution in [-0.2, 0) is 16.1 Å². The normalized spacial score (nSPS) is 17.5. The second kappa shape index (κ2) is 6.83. The molecule has 0 aromatic carbocycles. The Hall–Kier alpha value is -0.430. The van der Waals surface area contributed by atoms with Crippen LogP contribution in [0.5, 0.6) is 0 Å². The van der Waals surface area contributed by atoms with Crippen molar-refractivity contribution in [3.63, 3.8) is 0 Å². The number of aryl methyl sites for hydroxylation is 1. The van der Waals surface area contributed by atoms with E-state index in [0.29, 0.717) is 26.3 Å². The van der Waals surface area contributed by atoms with Crippen LogP contribution < -0.4 is 5.32 Å². The highest BCUT2D eigenvalue weighted by Gasteiger charge is 2.22. The van der Waals surface area contributed by atoms with Crippen LogP contribution in [0, 0.1) is 6.92 Å². The molecule has 1 atom stereocenters. The van der Waals surface area contributed by atoms with E-state index >= 15 is 0 Å². The lowest BCUT2D eigenvalue weighted by molar-refractivity contribution is -0.137. The van der Waals surface area contributed by atoms with Crippen LogP contribution in [0.2, 0.25) is 0 Å². The van der Waals surface area contributed by atoms with Gasteiger partial charge in [-0.15, -0.1) is 11.3 Å². The summed E-state index contributed by atoms with van der Waals surface area (Å²) in [5.41, 5.74) is 1.24. The monoisotopic (exact) mass is 346 g/mol. The number of thiophene rings is 1. The summed E-state index contributed by atoms with van der Waals surface area (Å²) in [6, 6.07) is 1.99. The minimum absolute atomic E-state index is 0.153. The second-order valence-corrected chi connectivity index (χ2v) is 7.16. The van der Waals surface area contributed by atoms with Crippen molar-refractivity contribution in [3.8, 4) is 0 Å². The molecular weight excluding hydrogens is 328 g/mol. The van der Waals surface area contributed by atoms with Crippen molar-refractivity contribution < 1.29 is 9.53 Å². The summed E-state index contributed by atoms with van der Waals surface area (Å²) >= 11 is 5.23. The molecule has 19 heavy (non-hydrogen) atoms. The zero-order chi connectivity index (χ0) is 13.8. The van der Waals surface area contributed by atoms with Crippen LogP contribution in [0.15, 0.2) is 9.85 Å². The molecule has 1 aliphatic heterocycles. The predicted molar refractivity (Wildman–Crippen MR) is 80.5 cm³/mol. The van der Waals surface area contributed by atoms with E-state index in [1.807, 2.05) is 11.8 Å². The Bertz CT molecular complexity index is 424. The van der Waals surface area contributed by atoms with Gasteiger partial charge >= 0.3 is 0 Å². The number of ether oxygens (including phenoxy) is 1. The molecule has 106 valence electrons. The number of hydrogen-bond donors (Lipinski definition) is 1. The number of carbonyl (C=O) groups excluding carboxylic acids is 1. The third-order valence-electron chi connectivity index (χ3n) is 3.18. The van der Waals surface area contributed by atoms with Gasteiger partial charge in [-0.3, -0.25) is 4.79 Å². The zero-order valence-corrected chi connectivity index (χ0v) is 13.6. The third kappa shape index (κ3) is 4.02. The first-order valence-electron chi connectivity index (χ1n) is 6.42. The Morgan fingerprint density at radius 3 is 2.84 bits per heavy atom. The quantitative estimate of drug-likeness (QED) is 0.908. The number of amides is 1. The summed E-state index contributed by atoms with van der Waals surface area (Å²) in [7, 11) is 0. The maximum absolute atomic E-state index is 12.2. The molecule has 1 N–H and O–H groups in total. The SMILES string of the molecule is Cc1cc(CN[C@H](C)C(=O)N2CCOCC2)sc1Br. The highest BCUT2D eigenvalue weighted by molar-refractivity contribution is 9.11. The zero-order valence-electron chi connectivity index (χ0n) is 11.2. The largest absolute Gasteiger partial charge is 0.378 e. The highest BCUT2D eigenvalue weighted by Crippen LogP contribution is 2.27. The van der Waals surface area contributed by atoms with Gasteiger partial charge in [0.15, 0.2) is 0 Å². The van der Waals surface area contributed by atoms with Crippen LogP contribution in [-0.4, -0.2) is 43.2 Å². The van der Waals surface area contributed by atoms with Crippen molar-refractivity contribution >= 4 is 33.2 Å². The van der Waals surface area contributed by atoms with Crippen molar-refractivity contribution in [1.82, 2.24) is 10.2 Å². The molecule has 2 heterocycles. The molecule has 2 rings (SSSR count). The fourth-order valence-electron chi connectivity index (χ4n) is 2.01. The number of halogens is 1. The highest BCUT2D eigenvalue weighted by atomic mass is 79.9. The number of rotatable bonds is 4. The Morgan fingerprint density at radius 2 is 2.26 bits per heavy atom. The molecule has 1 aromatic heterocycles. The lowest BCUT2D eigenvalue weighted by Crippen LogP contribution is -2.48. The van der Waals surface area contributed by atoms with Gasteiger partial charge in [0.05, 0.1) is 23.0 Å². The molecule has 4 nitrogen and oxygen atoms in total. The Labute approximate surface area is 126 Å².